The summed E-state index contributed by atoms with van der Waals surface area (Å²) in [6.45, 7) is 7.91. The summed E-state index contributed by atoms with van der Waals surface area (Å²) in [5, 5.41) is 9.72. The Morgan fingerprint density at radius 3 is 2.56 bits per heavy atom. The van der Waals surface area contributed by atoms with E-state index < -0.39 is 6.10 Å². The van der Waals surface area contributed by atoms with Crippen LogP contribution in [0, 0.1) is 0 Å². The van der Waals surface area contributed by atoms with Crippen molar-refractivity contribution in [3.8, 4) is 0 Å². The molecule has 4 nitrogen and oxygen atoms in total. The SMILES string of the molecule is CC[C@@H](O)c1ccc(N2C[C@@H](C)O[C@@H](C)C2)cn1. The first-order valence-corrected chi connectivity index (χ1v) is 6.64. The highest BCUT2D eigenvalue weighted by molar-refractivity contribution is 5.45. The number of morpholine rings is 1. The lowest BCUT2D eigenvalue weighted by Crippen LogP contribution is -2.45. The van der Waals surface area contributed by atoms with Crippen LogP contribution in [0.3, 0.4) is 0 Å². The normalized spacial score (nSPS) is 26.1. The summed E-state index contributed by atoms with van der Waals surface area (Å²) in [4.78, 5) is 6.63. The molecule has 3 atom stereocenters. The van der Waals surface area contributed by atoms with Crippen LogP contribution in [-0.2, 0) is 4.74 Å². The van der Waals surface area contributed by atoms with E-state index in [1.165, 1.54) is 0 Å². The number of hydrogen-bond donors (Lipinski definition) is 1. The molecule has 0 spiro atoms. The Labute approximate surface area is 109 Å². The second-order valence-corrected chi connectivity index (χ2v) is 5.03. The summed E-state index contributed by atoms with van der Waals surface area (Å²) in [5.74, 6) is 0. The maximum atomic E-state index is 9.72. The number of hydrogen-bond acceptors (Lipinski definition) is 4. The van der Waals surface area contributed by atoms with E-state index in [-0.39, 0.29) is 12.2 Å². The van der Waals surface area contributed by atoms with Gasteiger partial charge in [-0.3, -0.25) is 4.98 Å². The molecule has 0 unspecified atom stereocenters. The molecule has 0 aliphatic carbocycles. The zero-order valence-corrected chi connectivity index (χ0v) is 11.3. The third-order valence-corrected chi connectivity index (χ3v) is 3.28. The van der Waals surface area contributed by atoms with E-state index in [2.05, 4.69) is 23.7 Å². The first-order valence-electron chi connectivity index (χ1n) is 6.64. The Balaban J connectivity index is 2.09. The fourth-order valence-electron chi connectivity index (χ4n) is 2.38. The lowest BCUT2D eigenvalue weighted by atomic mass is 10.1. The molecule has 1 aliphatic rings. The summed E-state index contributed by atoms with van der Waals surface area (Å²) < 4.78 is 5.72. The van der Waals surface area contributed by atoms with Crippen molar-refractivity contribution in [1.29, 1.82) is 0 Å². The quantitative estimate of drug-likeness (QED) is 0.892. The lowest BCUT2D eigenvalue weighted by Gasteiger charge is -2.36. The van der Waals surface area contributed by atoms with Gasteiger partial charge in [0, 0.05) is 13.1 Å². The van der Waals surface area contributed by atoms with Gasteiger partial charge in [0.1, 0.15) is 0 Å². The maximum absolute atomic E-state index is 9.72. The zero-order valence-electron chi connectivity index (χ0n) is 11.3. The first-order chi connectivity index (χ1) is 8.60. The van der Waals surface area contributed by atoms with Gasteiger partial charge in [-0.15, -0.1) is 0 Å². The Morgan fingerprint density at radius 2 is 2.06 bits per heavy atom. The molecule has 18 heavy (non-hydrogen) atoms. The van der Waals surface area contributed by atoms with Crippen LogP contribution in [0.4, 0.5) is 5.69 Å². The Morgan fingerprint density at radius 1 is 1.39 bits per heavy atom. The van der Waals surface area contributed by atoms with Crippen molar-refractivity contribution in [1.82, 2.24) is 4.98 Å². The molecule has 0 radical (unpaired) electrons. The molecule has 1 aliphatic heterocycles. The molecule has 2 heterocycles. The van der Waals surface area contributed by atoms with Crippen LogP contribution in [0.2, 0.25) is 0 Å². The number of nitrogens with zero attached hydrogens (tertiary/aromatic N) is 2. The zero-order chi connectivity index (χ0) is 13.1. The Kier molecular flexibility index (Phi) is 4.19. The van der Waals surface area contributed by atoms with Crippen molar-refractivity contribution in [3.05, 3.63) is 24.0 Å². The van der Waals surface area contributed by atoms with E-state index >= 15 is 0 Å². The summed E-state index contributed by atoms with van der Waals surface area (Å²) in [6, 6.07) is 3.94. The van der Waals surface area contributed by atoms with Crippen LogP contribution in [0.1, 0.15) is 39.0 Å². The Bertz CT molecular complexity index is 370. The number of anilines is 1. The minimum atomic E-state index is -0.457. The van der Waals surface area contributed by atoms with Crippen LogP contribution in [0.25, 0.3) is 0 Å². The van der Waals surface area contributed by atoms with Crippen molar-refractivity contribution in [2.75, 3.05) is 18.0 Å². The monoisotopic (exact) mass is 250 g/mol. The largest absolute Gasteiger partial charge is 0.387 e. The van der Waals surface area contributed by atoms with Crippen LogP contribution < -0.4 is 4.90 Å². The topological polar surface area (TPSA) is 45.6 Å². The van der Waals surface area contributed by atoms with Crippen LogP contribution in [0.15, 0.2) is 18.3 Å². The van der Waals surface area contributed by atoms with Gasteiger partial charge in [0.25, 0.3) is 0 Å². The molecule has 1 aromatic rings. The van der Waals surface area contributed by atoms with Crippen molar-refractivity contribution in [2.24, 2.45) is 0 Å². The summed E-state index contributed by atoms with van der Waals surface area (Å²) in [5.41, 5.74) is 1.85. The van der Waals surface area contributed by atoms with E-state index in [0.717, 1.165) is 24.5 Å². The fourth-order valence-corrected chi connectivity index (χ4v) is 2.38. The average Bonchev–Trinajstić information content (AvgIpc) is 2.37. The number of rotatable bonds is 3. The van der Waals surface area contributed by atoms with E-state index in [4.69, 9.17) is 4.74 Å². The third kappa shape index (κ3) is 3.00. The average molecular weight is 250 g/mol. The van der Waals surface area contributed by atoms with E-state index in [9.17, 15) is 5.11 Å². The van der Waals surface area contributed by atoms with Gasteiger partial charge in [-0.1, -0.05) is 6.92 Å². The van der Waals surface area contributed by atoms with E-state index in [0.29, 0.717) is 6.42 Å². The molecule has 4 heteroatoms. The molecule has 1 fully saturated rings. The molecule has 1 saturated heterocycles. The van der Waals surface area contributed by atoms with Gasteiger partial charge in [-0.2, -0.15) is 0 Å². The highest BCUT2D eigenvalue weighted by atomic mass is 16.5. The lowest BCUT2D eigenvalue weighted by molar-refractivity contribution is -0.00524. The van der Waals surface area contributed by atoms with Crippen LogP contribution in [-0.4, -0.2) is 35.4 Å². The third-order valence-electron chi connectivity index (χ3n) is 3.28. The summed E-state index contributed by atoms with van der Waals surface area (Å²) in [7, 11) is 0. The predicted octanol–water partition coefficient (Wildman–Crippen LogP) is 2.14. The first kappa shape index (κ1) is 13.3. The minimum Gasteiger partial charge on any atom is -0.387 e. The van der Waals surface area contributed by atoms with Crippen molar-refractivity contribution in [3.63, 3.8) is 0 Å². The van der Waals surface area contributed by atoms with Crippen molar-refractivity contribution in [2.45, 2.75) is 45.5 Å². The van der Waals surface area contributed by atoms with Gasteiger partial charge < -0.3 is 14.7 Å². The molecule has 1 aromatic heterocycles. The molecular weight excluding hydrogens is 228 g/mol. The summed E-state index contributed by atoms with van der Waals surface area (Å²) in [6.07, 6.45) is 2.57. The number of aliphatic hydroxyl groups excluding tert-OH is 1. The minimum absolute atomic E-state index is 0.245. The van der Waals surface area contributed by atoms with E-state index in [1.807, 2.05) is 25.3 Å². The van der Waals surface area contributed by atoms with Gasteiger partial charge >= 0.3 is 0 Å². The molecular formula is C14H22N2O2. The fraction of sp³-hybridized carbons (Fsp3) is 0.643. The van der Waals surface area contributed by atoms with Gasteiger partial charge in [0.2, 0.25) is 0 Å². The van der Waals surface area contributed by atoms with E-state index in [1.54, 1.807) is 0 Å². The van der Waals surface area contributed by atoms with Crippen LogP contribution >= 0.6 is 0 Å². The smallest absolute Gasteiger partial charge is 0.0957 e. The van der Waals surface area contributed by atoms with Gasteiger partial charge in [-0.25, -0.2) is 0 Å². The molecule has 2 rings (SSSR count). The number of pyridine rings is 1. The number of aromatic nitrogens is 1. The molecule has 0 saturated carbocycles. The van der Waals surface area contributed by atoms with Gasteiger partial charge in [0.05, 0.1) is 35.9 Å². The van der Waals surface area contributed by atoms with Crippen LogP contribution in [0.5, 0.6) is 0 Å². The second kappa shape index (κ2) is 5.67. The van der Waals surface area contributed by atoms with Gasteiger partial charge in [0.15, 0.2) is 0 Å². The van der Waals surface area contributed by atoms with Gasteiger partial charge in [-0.05, 0) is 32.4 Å². The maximum Gasteiger partial charge on any atom is 0.0957 e. The summed E-state index contributed by atoms with van der Waals surface area (Å²) >= 11 is 0. The highest BCUT2D eigenvalue weighted by Gasteiger charge is 2.22. The second-order valence-electron chi connectivity index (χ2n) is 5.03. The molecule has 0 amide bonds. The number of aliphatic hydroxyl groups is 1. The number of ether oxygens (including phenoxy) is 1. The predicted molar refractivity (Wildman–Crippen MR) is 71.7 cm³/mol. The standard InChI is InChI=1S/C14H22N2O2/c1-4-14(17)13-6-5-12(7-15-13)16-8-10(2)18-11(3)9-16/h5-7,10-11,14,17H,4,8-9H2,1-3H3/t10-,11+,14-/m1/s1. The van der Waals surface area contributed by atoms with Crippen molar-refractivity contribution < 1.29 is 9.84 Å². The molecule has 1 N–H and O–H groups in total. The van der Waals surface area contributed by atoms with Crippen molar-refractivity contribution >= 4 is 5.69 Å². The Hall–Kier alpha value is -1.13. The molecule has 0 aromatic carbocycles. The molecule has 100 valence electrons. The highest BCUT2D eigenvalue weighted by Crippen LogP contribution is 2.21. The molecule has 0 bridgehead atoms.